The average Bonchev–Trinajstić information content (AvgIpc) is 2.36. The van der Waals surface area contributed by atoms with E-state index < -0.39 is 6.61 Å². The van der Waals surface area contributed by atoms with Gasteiger partial charge in [0, 0.05) is 29.2 Å². The number of alkyl halides is 2. The second kappa shape index (κ2) is 8.66. The van der Waals surface area contributed by atoms with Crippen LogP contribution in [0, 0.1) is 5.92 Å². The Hall–Kier alpha value is -0.720. The van der Waals surface area contributed by atoms with E-state index in [0.29, 0.717) is 24.1 Å². The highest BCUT2D eigenvalue weighted by molar-refractivity contribution is 9.10. The van der Waals surface area contributed by atoms with E-state index in [1.54, 1.807) is 18.2 Å². The lowest BCUT2D eigenvalue weighted by molar-refractivity contribution is -0.0505. The SMILES string of the molecule is CC(C)C(CNCc1cc(Br)ccc1OC(F)F)N(C)C. The van der Waals surface area contributed by atoms with Crippen LogP contribution in [0.1, 0.15) is 19.4 Å². The number of benzene rings is 1. The molecule has 1 rings (SSSR count). The van der Waals surface area contributed by atoms with Gasteiger partial charge in [0.25, 0.3) is 0 Å². The summed E-state index contributed by atoms with van der Waals surface area (Å²) >= 11 is 3.35. The molecule has 0 radical (unpaired) electrons. The molecule has 0 saturated carbocycles. The molecule has 0 amide bonds. The van der Waals surface area contributed by atoms with Gasteiger partial charge in [0.05, 0.1) is 0 Å². The average molecular weight is 365 g/mol. The van der Waals surface area contributed by atoms with Crippen LogP contribution >= 0.6 is 15.9 Å². The van der Waals surface area contributed by atoms with E-state index in [1.807, 2.05) is 14.1 Å². The molecular weight excluding hydrogens is 342 g/mol. The second-order valence-electron chi connectivity index (χ2n) is 5.54. The van der Waals surface area contributed by atoms with Gasteiger partial charge >= 0.3 is 6.61 Å². The van der Waals surface area contributed by atoms with Gasteiger partial charge in [-0.1, -0.05) is 29.8 Å². The molecule has 0 spiro atoms. The van der Waals surface area contributed by atoms with Crippen molar-refractivity contribution >= 4 is 15.9 Å². The first kappa shape index (κ1) is 18.3. The molecule has 1 unspecified atom stereocenters. The molecule has 1 atom stereocenters. The Morgan fingerprint density at radius 2 is 1.95 bits per heavy atom. The standard InChI is InChI=1S/C15H23BrF2N2O/c1-10(2)13(20(3)4)9-19-8-11-7-12(16)5-6-14(11)21-15(17)18/h5-7,10,13,15,19H,8-9H2,1-4H3. The fourth-order valence-electron chi connectivity index (χ4n) is 2.27. The highest BCUT2D eigenvalue weighted by Gasteiger charge is 2.16. The molecule has 1 aromatic rings. The molecule has 0 aliphatic rings. The van der Waals surface area contributed by atoms with Crippen molar-refractivity contribution in [2.75, 3.05) is 20.6 Å². The molecule has 21 heavy (non-hydrogen) atoms. The van der Waals surface area contributed by atoms with Crippen LogP contribution in [-0.4, -0.2) is 38.2 Å². The third-order valence-electron chi connectivity index (χ3n) is 3.34. The van der Waals surface area contributed by atoms with Crippen LogP contribution in [0.3, 0.4) is 0 Å². The quantitative estimate of drug-likeness (QED) is 0.760. The van der Waals surface area contributed by atoms with Crippen LogP contribution in [-0.2, 0) is 6.54 Å². The molecule has 0 saturated heterocycles. The van der Waals surface area contributed by atoms with Gasteiger partial charge in [0.2, 0.25) is 0 Å². The molecule has 0 aliphatic heterocycles. The summed E-state index contributed by atoms with van der Waals surface area (Å²) in [6.07, 6.45) is 0. The van der Waals surface area contributed by atoms with Crippen LogP contribution < -0.4 is 10.1 Å². The molecule has 0 bridgehead atoms. The van der Waals surface area contributed by atoms with Crippen molar-refractivity contribution in [3.8, 4) is 5.75 Å². The van der Waals surface area contributed by atoms with E-state index in [9.17, 15) is 8.78 Å². The number of hydrogen-bond acceptors (Lipinski definition) is 3. The van der Waals surface area contributed by atoms with Crippen molar-refractivity contribution in [3.05, 3.63) is 28.2 Å². The van der Waals surface area contributed by atoms with Crippen molar-refractivity contribution in [1.82, 2.24) is 10.2 Å². The van der Waals surface area contributed by atoms with E-state index in [1.165, 1.54) is 0 Å². The molecule has 1 aromatic carbocycles. The second-order valence-corrected chi connectivity index (χ2v) is 6.45. The van der Waals surface area contributed by atoms with Crippen LogP contribution in [0.4, 0.5) is 8.78 Å². The number of hydrogen-bond donors (Lipinski definition) is 1. The van der Waals surface area contributed by atoms with Gasteiger partial charge < -0.3 is 15.0 Å². The lowest BCUT2D eigenvalue weighted by Crippen LogP contribution is -2.41. The predicted molar refractivity (Wildman–Crippen MR) is 84.8 cm³/mol. The summed E-state index contributed by atoms with van der Waals surface area (Å²) in [7, 11) is 4.08. The zero-order chi connectivity index (χ0) is 16.0. The van der Waals surface area contributed by atoms with E-state index >= 15 is 0 Å². The highest BCUT2D eigenvalue weighted by atomic mass is 79.9. The van der Waals surface area contributed by atoms with Crippen molar-refractivity contribution in [1.29, 1.82) is 0 Å². The molecule has 3 nitrogen and oxygen atoms in total. The van der Waals surface area contributed by atoms with E-state index in [2.05, 4.69) is 44.7 Å². The minimum absolute atomic E-state index is 0.214. The number of nitrogens with one attached hydrogen (secondary N) is 1. The summed E-state index contributed by atoms with van der Waals surface area (Å²) in [5.74, 6) is 0.721. The van der Waals surface area contributed by atoms with Crippen molar-refractivity contribution in [3.63, 3.8) is 0 Å². The minimum atomic E-state index is -2.81. The van der Waals surface area contributed by atoms with E-state index in [0.717, 1.165) is 11.0 Å². The maximum Gasteiger partial charge on any atom is 0.387 e. The fraction of sp³-hybridized carbons (Fsp3) is 0.600. The lowest BCUT2D eigenvalue weighted by atomic mass is 10.0. The summed E-state index contributed by atoms with van der Waals surface area (Å²) in [6.45, 7) is 2.78. The van der Waals surface area contributed by atoms with E-state index in [-0.39, 0.29) is 5.75 Å². The van der Waals surface area contributed by atoms with Gasteiger partial charge in [-0.3, -0.25) is 0 Å². The Balaban J connectivity index is 2.67. The van der Waals surface area contributed by atoms with Gasteiger partial charge in [0.1, 0.15) is 5.75 Å². The van der Waals surface area contributed by atoms with Gasteiger partial charge in [-0.15, -0.1) is 0 Å². The van der Waals surface area contributed by atoms with Crippen molar-refractivity contribution < 1.29 is 13.5 Å². The van der Waals surface area contributed by atoms with Gasteiger partial charge in [-0.05, 0) is 38.2 Å². The molecule has 0 heterocycles. The summed E-state index contributed by atoms with van der Waals surface area (Å²) < 4.78 is 30.2. The molecule has 1 N–H and O–H groups in total. The van der Waals surface area contributed by atoms with Gasteiger partial charge in [-0.2, -0.15) is 8.78 Å². The number of likely N-dealkylation sites (N-methyl/N-ethyl adjacent to an activating group) is 1. The summed E-state index contributed by atoms with van der Waals surface area (Å²) in [5, 5.41) is 3.32. The third-order valence-corrected chi connectivity index (χ3v) is 3.83. The number of rotatable bonds is 8. The Kier molecular flexibility index (Phi) is 7.56. The zero-order valence-corrected chi connectivity index (χ0v) is 14.5. The third kappa shape index (κ3) is 6.28. The zero-order valence-electron chi connectivity index (χ0n) is 12.9. The largest absolute Gasteiger partial charge is 0.434 e. The van der Waals surface area contributed by atoms with E-state index in [4.69, 9.17) is 0 Å². The fourth-order valence-corrected chi connectivity index (χ4v) is 2.67. The molecule has 0 fully saturated rings. The van der Waals surface area contributed by atoms with Crippen LogP contribution in [0.2, 0.25) is 0 Å². The Labute approximate surface area is 133 Å². The normalized spacial score (nSPS) is 13.2. The number of nitrogens with zero attached hydrogens (tertiary/aromatic N) is 1. The highest BCUT2D eigenvalue weighted by Crippen LogP contribution is 2.24. The summed E-state index contributed by atoms with van der Waals surface area (Å²) in [5.41, 5.74) is 0.714. The Bertz CT molecular complexity index is 434. The first-order valence-corrected chi connectivity index (χ1v) is 7.71. The maximum atomic E-state index is 12.4. The molecule has 120 valence electrons. The monoisotopic (exact) mass is 364 g/mol. The van der Waals surface area contributed by atoms with Gasteiger partial charge in [-0.25, -0.2) is 0 Å². The maximum absolute atomic E-state index is 12.4. The molecule has 0 aliphatic carbocycles. The molecular formula is C15H23BrF2N2O. The molecule has 0 aromatic heterocycles. The number of halogens is 3. The van der Waals surface area contributed by atoms with Crippen LogP contribution in [0.25, 0.3) is 0 Å². The number of ether oxygens (including phenoxy) is 1. The van der Waals surface area contributed by atoms with Crippen LogP contribution in [0.15, 0.2) is 22.7 Å². The van der Waals surface area contributed by atoms with Gasteiger partial charge in [0.15, 0.2) is 0 Å². The van der Waals surface area contributed by atoms with Crippen molar-refractivity contribution in [2.24, 2.45) is 5.92 Å². The summed E-state index contributed by atoms with van der Waals surface area (Å²) in [4.78, 5) is 2.16. The molecule has 6 heteroatoms. The topological polar surface area (TPSA) is 24.5 Å². The first-order chi connectivity index (χ1) is 9.81. The van der Waals surface area contributed by atoms with Crippen LogP contribution in [0.5, 0.6) is 5.75 Å². The lowest BCUT2D eigenvalue weighted by Gasteiger charge is -2.28. The Morgan fingerprint density at radius 1 is 1.29 bits per heavy atom. The van der Waals surface area contributed by atoms with Crippen molar-refractivity contribution in [2.45, 2.75) is 33.0 Å². The first-order valence-electron chi connectivity index (χ1n) is 6.91. The Morgan fingerprint density at radius 3 is 2.48 bits per heavy atom. The smallest absolute Gasteiger partial charge is 0.387 e. The summed E-state index contributed by atoms with van der Waals surface area (Å²) in [6, 6.07) is 5.43. The minimum Gasteiger partial charge on any atom is -0.434 e. The predicted octanol–water partition coefficient (Wildman–Crippen LogP) is 3.73.